The third-order valence-electron chi connectivity index (χ3n) is 10.2. The van der Waals surface area contributed by atoms with Crippen molar-refractivity contribution in [2.45, 2.75) is 89.8 Å². The van der Waals surface area contributed by atoms with E-state index in [1.54, 1.807) is 26.2 Å². The number of hydrogen-bond donors (Lipinski definition) is 1. The minimum atomic E-state index is -3.79. The number of rotatable bonds is 12. The zero-order chi connectivity index (χ0) is 30.9. The molecule has 0 saturated heterocycles. The van der Waals surface area contributed by atoms with Gasteiger partial charge in [0.15, 0.2) is 0 Å². The van der Waals surface area contributed by atoms with Crippen molar-refractivity contribution in [3.63, 3.8) is 0 Å². The van der Waals surface area contributed by atoms with Gasteiger partial charge in [0.05, 0.1) is 19.1 Å². The van der Waals surface area contributed by atoms with Crippen molar-refractivity contribution in [2.75, 3.05) is 24.2 Å². The number of amides is 2. The van der Waals surface area contributed by atoms with E-state index in [0.717, 1.165) is 36.0 Å². The van der Waals surface area contributed by atoms with Gasteiger partial charge in [-0.1, -0.05) is 31.2 Å². The molecule has 0 heterocycles. The monoisotopic (exact) mass is 609 g/mol. The topological polar surface area (TPSA) is 96.0 Å². The van der Waals surface area contributed by atoms with Crippen LogP contribution in [0.2, 0.25) is 0 Å². The molecule has 234 valence electrons. The summed E-state index contributed by atoms with van der Waals surface area (Å²) in [4.78, 5) is 28.5. The molecule has 1 N–H and O–H groups in total. The summed E-state index contributed by atoms with van der Waals surface area (Å²) in [5.41, 5.74) is 2.77. The van der Waals surface area contributed by atoms with E-state index in [0.29, 0.717) is 11.4 Å². The molecule has 4 saturated carbocycles. The quantitative estimate of drug-likeness (QED) is 0.354. The summed E-state index contributed by atoms with van der Waals surface area (Å²) < 4.78 is 32.6. The van der Waals surface area contributed by atoms with E-state index in [9.17, 15) is 18.0 Å². The SMILES string of the molecule is CCC(C)NC(=O)C(C)N(Cc1ccc(OC)cc1)C(=O)CN(c1ccc(C23CC4CC(CC(C4)C2)C3)cc1)S(C)(=O)=O. The van der Waals surface area contributed by atoms with E-state index in [2.05, 4.69) is 17.4 Å². The number of nitrogens with zero attached hydrogens (tertiary/aromatic N) is 2. The summed E-state index contributed by atoms with van der Waals surface area (Å²) in [6.45, 7) is 5.34. The number of sulfonamides is 1. The van der Waals surface area contributed by atoms with Crippen molar-refractivity contribution in [3.8, 4) is 5.75 Å². The molecule has 8 nitrogen and oxygen atoms in total. The minimum absolute atomic E-state index is 0.0482. The molecular formula is C34H47N3O5S. The Morgan fingerprint density at radius 1 is 0.953 bits per heavy atom. The van der Waals surface area contributed by atoms with E-state index in [1.165, 1.54) is 53.3 Å². The van der Waals surface area contributed by atoms with Crippen LogP contribution in [0.5, 0.6) is 5.75 Å². The number of carbonyl (C=O) groups excluding carboxylic acids is 2. The molecule has 2 aromatic rings. The highest BCUT2D eigenvalue weighted by molar-refractivity contribution is 7.92. The minimum Gasteiger partial charge on any atom is -0.497 e. The van der Waals surface area contributed by atoms with Gasteiger partial charge in [0.25, 0.3) is 0 Å². The van der Waals surface area contributed by atoms with Crippen LogP contribution in [0.1, 0.15) is 76.8 Å². The maximum atomic E-state index is 13.9. The molecule has 2 unspecified atom stereocenters. The molecule has 0 radical (unpaired) electrons. The first-order valence-corrected chi connectivity index (χ1v) is 17.6. The fourth-order valence-corrected chi connectivity index (χ4v) is 8.88. The highest BCUT2D eigenvalue weighted by Gasteiger charge is 2.51. The first-order valence-electron chi connectivity index (χ1n) is 15.7. The lowest BCUT2D eigenvalue weighted by Gasteiger charge is -2.57. The number of hydrogen-bond acceptors (Lipinski definition) is 5. The molecule has 2 atom stereocenters. The number of ether oxygens (including phenoxy) is 1. The second kappa shape index (κ2) is 12.5. The second-order valence-electron chi connectivity index (χ2n) is 13.4. The Morgan fingerprint density at radius 3 is 2.00 bits per heavy atom. The Hall–Kier alpha value is -3.07. The molecule has 43 heavy (non-hydrogen) atoms. The maximum absolute atomic E-state index is 13.9. The Bertz CT molecular complexity index is 1370. The predicted molar refractivity (Wildman–Crippen MR) is 169 cm³/mol. The largest absolute Gasteiger partial charge is 0.497 e. The Balaban J connectivity index is 1.38. The van der Waals surface area contributed by atoms with Crippen LogP contribution in [0.3, 0.4) is 0 Å². The Morgan fingerprint density at radius 2 is 1.51 bits per heavy atom. The van der Waals surface area contributed by atoms with Crippen LogP contribution in [0, 0.1) is 17.8 Å². The van der Waals surface area contributed by atoms with Gasteiger partial charge in [-0.2, -0.15) is 0 Å². The van der Waals surface area contributed by atoms with E-state index >= 15 is 0 Å². The molecule has 0 aromatic heterocycles. The van der Waals surface area contributed by atoms with Crippen molar-refractivity contribution >= 4 is 27.5 Å². The average molecular weight is 610 g/mol. The predicted octanol–water partition coefficient (Wildman–Crippen LogP) is 5.26. The van der Waals surface area contributed by atoms with Crippen molar-refractivity contribution in [1.29, 1.82) is 0 Å². The lowest BCUT2D eigenvalue weighted by Crippen LogP contribution is -2.52. The van der Waals surface area contributed by atoms with Crippen LogP contribution in [0.25, 0.3) is 0 Å². The first kappa shape index (κ1) is 31.4. The van der Waals surface area contributed by atoms with Gasteiger partial charge >= 0.3 is 0 Å². The second-order valence-corrected chi connectivity index (χ2v) is 15.3. The Kier molecular flexibility index (Phi) is 9.12. The zero-order valence-corrected chi connectivity index (χ0v) is 27.0. The fraction of sp³-hybridized carbons (Fsp3) is 0.588. The van der Waals surface area contributed by atoms with Crippen LogP contribution < -0.4 is 14.4 Å². The van der Waals surface area contributed by atoms with E-state index < -0.39 is 28.5 Å². The molecule has 4 fully saturated rings. The van der Waals surface area contributed by atoms with Crippen LogP contribution >= 0.6 is 0 Å². The Labute approximate surface area is 257 Å². The summed E-state index contributed by atoms with van der Waals surface area (Å²) in [5, 5.41) is 2.96. The molecule has 4 aliphatic rings. The summed E-state index contributed by atoms with van der Waals surface area (Å²) in [7, 11) is -2.20. The van der Waals surface area contributed by atoms with Gasteiger partial charge in [-0.05, 0) is 117 Å². The van der Waals surface area contributed by atoms with Crippen LogP contribution in [0.15, 0.2) is 48.5 Å². The number of anilines is 1. The molecule has 0 spiro atoms. The van der Waals surface area contributed by atoms with Gasteiger partial charge in [-0.25, -0.2) is 8.42 Å². The first-order chi connectivity index (χ1) is 20.4. The smallest absolute Gasteiger partial charge is 0.244 e. The van der Waals surface area contributed by atoms with Gasteiger partial charge in [0, 0.05) is 12.6 Å². The van der Waals surface area contributed by atoms with Crippen molar-refractivity contribution in [1.82, 2.24) is 10.2 Å². The number of carbonyl (C=O) groups is 2. The summed E-state index contributed by atoms with van der Waals surface area (Å²) in [6.07, 6.45) is 9.65. The molecule has 4 bridgehead atoms. The number of methoxy groups -OCH3 is 1. The van der Waals surface area contributed by atoms with Crippen molar-refractivity contribution in [2.24, 2.45) is 17.8 Å². The van der Waals surface area contributed by atoms with E-state index in [4.69, 9.17) is 4.74 Å². The standard InChI is InChI=1S/C34H47N3O5S/c1-6-23(2)35-33(39)24(3)36(21-25-7-13-31(42-4)14-8-25)32(38)22-37(43(5,40)41)30-11-9-29(10-12-30)34-18-26-15-27(19-34)17-28(16-26)20-34/h7-14,23-24,26-28H,6,15-22H2,1-5H3,(H,35,39). The highest BCUT2D eigenvalue weighted by atomic mass is 32.2. The summed E-state index contributed by atoms with van der Waals surface area (Å²) in [5.74, 6) is 2.40. The molecule has 2 amide bonds. The van der Waals surface area contributed by atoms with Gasteiger partial charge in [0.2, 0.25) is 21.8 Å². The molecular weight excluding hydrogens is 562 g/mol. The highest BCUT2D eigenvalue weighted by Crippen LogP contribution is 2.60. The number of benzene rings is 2. The molecule has 2 aromatic carbocycles. The van der Waals surface area contributed by atoms with Crippen LogP contribution in [-0.2, 0) is 31.6 Å². The van der Waals surface area contributed by atoms with Crippen molar-refractivity contribution in [3.05, 3.63) is 59.7 Å². The third kappa shape index (κ3) is 6.87. The van der Waals surface area contributed by atoms with Crippen LogP contribution in [-0.4, -0.2) is 57.1 Å². The van der Waals surface area contributed by atoms with E-state index in [-0.39, 0.29) is 23.9 Å². The van der Waals surface area contributed by atoms with Crippen molar-refractivity contribution < 1.29 is 22.7 Å². The molecule has 9 heteroatoms. The third-order valence-corrected chi connectivity index (χ3v) is 11.3. The van der Waals surface area contributed by atoms with Gasteiger partial charge < -0.3 is 15.0 Å². The average Bonchev–Trinajstić information content (AvgIpc) is 2.97. The molecule has 4 aliphatic carbocycles. The lowest BCUT2D eigenvalue weighted by atomic mass is 9.48. The zero-order valence-electron chi connectivity index (χ0n) is 26.2. The normalized spacial score (nSPS) is 25.6. The molecule has 0 aliphatic heterocycles. The number of nitrogens with one attached hydrogen (secondary N) is 1. The lowest BCUT2D eigenvalue weighted by molar-refractivity contribution is -0.139. The van der Waals surface area contributed by atoms with E-state index in [1.807, 2.05) is 38.1 Å². The fourth-order valence-electron chi connectivity index (χ4n) is 8.03. The van der Waals surface area contributed by atoms with Crippen LogP contribution in [0.4, 0.5) is 5.69 Å². The van der Waals surface area contributed by atoms with Gasteiger partial charge in [-0.3, -0.25) is 13.9 Å². The summed E-state index contributed by atoms with van der Waals surface area (Å²) in [6, 6.07) is 14.3. The molecule has 6 rings (SSSR count). The maximum Gasteiger partial charge on any atom is 0.244 e. The van der Waals surface area contributed by atoms with Gasteiger partial charge in [0.1, 0.15) is 18.3 Å². The van der Waals surface area contributed by atoms with Gasteiger partial charge in [-0.15, -0.1) is 0 Å². The summed E-state index contributed by atoms with van der Waals surface area (Å²) >= 11 is 0.